The SMILES string of the molecule is O=C(Cc1ccccc1)N1CCC2(CCCN(CC3CC3)C2=O)CC1. The van der Waals surface area contributed by atoms with Crippen LogP contribution in [0.1, 0.15) is 44.1 Å². The first-order chi connectivity index (χ1) is 12.2. The average molecular weight is 340 g/mol. The molecule has 0 bridgehead atoms. The maximum atomic E-state index is 13.1. The van der Waals surface area contributed by atoms with Crippen LogP contribution in [0.3, 0.4) is 0 Å². The highest BCUT2D eigenvalue weighted by atomic mass is 16.2. The second-order valence-corrected chi connectivity index (χ2v) is 8.12. The van der Waals surface area contributed by atoms with Gasteiger partial charge in [0.15, 0.2) is 0 Å². The van der Waals surface area contributed by atoms with Gasteiger partial charge in [-0.25, -0.2) is 0 Å². The number of benzene rings is 1. The third-order valence-corrected chi connectivity index (χ3v) is 6.27. The Labute approximate surface area is 150 Å². The van der Waals surface area contributed by atoms with Crippen LogP contribution in [0.4, 0.5) is 0 Å². The van der Waals surface area contributed by atoms with E-state index in [1.54, 1.807) is 0 Å². The molecule has 0 aromatic heterocycles. The minimum absolute atomic E-state index is 0.184. The van der Waals surface area contributed by atoms with Crippen LogP contribution in [-0.2, 0) is 16.0 Å². The fourth-order valence-corrected chi connectivity index (χ4v) is 4.47. The smallest absolute Gasteiger partial charge is 0.228 e. The Bertz CT molecular complexity index is 631. The van der Waals surface area contributed by atoms with Crippen LogP contribution in [0, 0.1) is 11.3 Å². The van der Waals surface area contributed by atoms with Gasteiger partial charge < -0.3 is 9.80 Å². The van der Waals surface area contributed by atoms with E-state index in [1.807, 2.05) is 35.2 Å². The van der Waals surface area contributed by atoms with Crippen molar-refractivity contribution in [3.05, 3.63) is 35.9 Å². The van der Waals surface area contributed by atoms with Crippen molar-refractivity contribution < 1.29 is 9.59 Å². The molecule has 4 rings (SSSR count). The molecule has 3 fully saturated rings. The Kier molecular flexibility index (Phi) is 4.53. The van der Waals surface area contributed by atoms with E-state index in [2.05, 4.69) is 4.90 Å². The number of amides is 2. The maximum absolute atomic E-state index is 13.1. The van der Waals surface area contributed by atoms with E-state index < -0.39 is 0 Å². The molecule has 4 nitrogen and oxygen atoms in total. The highest BCUT2D eigenvalue weighted by molar-refractivity contribution is 5.84. The summed E-state index contributed by atoms with van der Waals surface area (Å²) in [5.41, 5.74) is 0.883. The van der Waals surface area contributed by atoms with Crippen LogP contribution in [0.25, 0.3) is 0 Å². The zero-order chi connectivity index (χ0) is 17.3. The van der Waals surface area contributed by atoms with Crippen molar-refractivity contribution in [3.63, 3.8) is 0 Å². The topological polar surface area (TPSA) is 40.6 Å². The predicted molar refractivity (Wildman–Crippen MR) is 96.9 cm³/mol. The monoisotopic (exact) mass is 340 g/mol. The highest BCUT2D eigenvalue weighted by Gasteiger charge is 2.46. The standard InChI is InChI=1S/C21H28N2O2/c24-19(15-17-5-2-1-3-6-17)22-13-10-21(11-14-22)9-4-12-23(20(21)25)16-18-7-8-18/h1-3,5-6,18H,4,7-16H2. The summed E-state index contributed by atoms with van der Waals surface area (Å²) in [6, 6.07) is 9.93. The molecule has 2 amide bonds. The van der Waals surface area contributed by atoms with Crippen molar-refractivity contribution in [2.24, 2.45) is 11.3 Å². The molecule has 25 heavy (non-hydrogen) atoms. The number of hydrogen-bond donors (Lipinski definition) is 0. The molecule has 0 unspecified atom stereocenters. The number of likely N-dealkylation sites (tertiary alicyclic amines) is 2. The Morgan fingerprint density at radius 1 is 1.04 bits per heavy atom. The lowest BCUT2D eigenvalue weighted by Gasteiger charge is -2.46. The van der Waals surface area contributed by atoms with Gasteiger partial charge in [-0.3, -0.25) is 9.59 Å². The third-order valence-electron chi connectivity index (χ3n) is 6.27. The molecule has 0 N–H and O–H groups in total. The maximum Gasteiger partial charge on any atom is 0.228 e. The number of piperidine rings is 2. The predicted octanol–water partition coefficient (Wildman–Crippen LogP) is 2.87. The fourth-order valence-electron chi connectivity index (χ4n) is 4.47. The van der Waals surface area contributed by atoms with Crippen molar-refractivity contribution in [3.8, 4) is 0 Å². The van der Waals surface area contributed by atoms with E-state index in [1.165, 1.54) is 12.8 Å². The van der Waals surface area contributed by atoms with Gasteiger partial charge in [-0.2, -0.15) is 0 Å². The summed E-state index contributed by atoms with van der Waals surface area (Å²) in [6.45, 7) is 3.37. The zero-order valence-electron chi connectivity index (χ0n) is 15.0. The molecule has 0 atom stereocenters. The van der Waals surface area contributed by atoms with Crippen molar-refractivity contribution in [1.29, 1.82) is 0 Å². The Hall–Kier alpha value is -1.84. The van der Waals surface area contributed by atoms with Gasteiger partial charge in [0, 0.05) is 26.2 Å². The Balaban J connectivity index is 1.35. The minimum atomic E-state index is -0.184. The van der Waals surface area contributed by atoms with Crippen LogP contribution in [0.15, 0.2) is 30.3 Å². The van der Waals surface area contributed by atoms with Gasteiger partial charge in [-0.15, -0.1) is 0 Å². The van der Waals surface area contributed by atoms with Crippen LogP contribution >= 0.6 is 0 Å². The van der Waals surface area contributed by atoms with Crippen LogP contribution in [0.2, 0.25) is 0 Å². The summed E-state index contributed by atoms with van der Waals surface area (Å²) in [5.74, 6) is 1.33. The first kappa shape index (κ1) is 16.6. The van der Waals surface area contributed by atoms with Crippen LogP contribution in [0.5, 0.6) is 0 Å². The molecule has 1 spiro atoms. The van der Waals surface area contributed by atoms with E-state index in [9.17, 15) is 9.59 Å². The van der Waals surface area contributed by atoms with E-state index in [0.717, 1.165) is 63.3 Å². The molecular weight excluding hydrogens is 312 g/mol. The normalized spacial score (nSPS) is 23.1. The number of hydrogen-bond acceptors (Lipinski definition) is 2. The van der Waals surface area contributed by atoms with Crippen molar-refractivity contribution in [2.45, 2.75) is 44.9 Å². The Morgan fingerprint density at radius 3 is 2.44 bits per heavy atom. The minimum Gasteiger partial charge on any atom is -0.342 e. The van der Waals surface area contributed by atoms with Crippen molar-refractivity contribution in [2.75, 3.05) is 26.2 Å². The molecule has 1 aliphatic carbocycles. The fraction of sp³-hybridized carbons (Fsp3) is 0.619. The van der Waals surface area contributed by atoms with E-state index >= 15 is 0 Å². The van der Waals surface area contributed by atoms with E-state index in [4.69, 9.17) is 0 Å². The molecule has 2 aliphatic heterocycles. The summed E-state index contributed by atoms with van der Waals surface area (Å²) in [5, 5.41) is 0. The van der Waals surface area contributed by atoms with Crippen molar-refractivity contribution in [1.82, 2.24) is 9.80 Å². The van der Waals surface area contributed by atoms with Gasteiger partial charge >= 0.3 is 0 Å². The third kappa shape index (κ3) is 3.58. The molecule has 1 saturated carbocycles. The first-order valence-corrected chi connectivity index (χ1v) is 9.77. The molecule has 2 saturated heterocycles. The number of rotatable bonds is 4. The molecule has 4 heteroatoms. The van der Waals surface area contributed by atoms with Gasteiger partial charge in [-0.05, 0) is 50.0 Å². The zero-order valence-corrected chi connectivity index (χ0v) is 15.0. The Morgan fingerprint density at radius 2 is 1.76 bits per heavy atom. The van der Waals surface area contributed by atoms with Gasteiger partial charge in [0.2, 0.25) is 11.8 Å². The van der Waals surface area contributed by atoms with Crippen LogP contribution < -0.4 is 0 Å². The summed E-state index contributed by atoms with van der Waals surface area (Å²) < 4.78 is 0. The number of carbonyl (C=O) groups is 2. The molecule has 134 valence electrons. The first-order valence-electron chi connectivity index (χ1n) is 9.77. The summed E-state index contributed by atoms with van der Waals surface area (Å²) in [6.07, 6.45) is 6.86. The van der Waals surface area contributed by atoms with E-state index in [0.29, 0.717) is 12.3 Å². The summed E-state index contributed by atoms with van der Waals surface area (Å²) >= 11 is 0. The number of nitrogens with zero attached hydrogens (tertiary/aromatic N) is 2. The highest BCUT2D eigenvalue weighted by Crippen LogP contribution is 2.42. The summed E-state index contributed by atoms with van der Waals surface area (Å²) in [4.78, 5) is 29.7. The quantitative estimate of drug-likeness (QED) is 0.846. The van der Waals surface area contributed by atoms with Crippen LogP contribution in [-0.4, -0.2) is 47.8 Å². The van der Waals surface area contributed by atoms with Gasteiger partial charge in [-0.1, -0.05) is 30.3 Å². The second kappa shape index (κ2) is 6.81. The number of carbonyl (C=O) groups excluding carboxylic acids is 2. The molecular formula is C21H28N2O2. The largest absolute Gasteiger partial charge is 0.342 e. The van der Waals surface area contributed by atoms with Gasteiger partial charge in [0.25, 0.3) is 0 Å². The molecule has 1 aromatic carbocycles. The molecule has 2 heterocycles. The van der Waals surface area contributed by atoms with Crippen molar-refractivity contribution >= 4 is 11.8 Å². The van der Waals surface area contributed by atoms with Gasteiger partial charge in [0.05, 0.1) is 11.8 Å². The van der Waals surface area contributed by atoms with E-state index in [-0.39, 0.29) is 11.3 Å². The molecule has 3 aliphatic rings. The average Bonchev–Trinajstić information content (AvgIpc) is 3.45. The lowest BCUT2D eigenvalue weighted by atomic mass is 9.71. The van der Waals surface area contributed by atoms with Gasteiger partial charge in [0.1, 0.15) is 0 Å². The summed E-state index contributed by atoms with van der Waals surface area (Å²) in [7, 11) is 0. The lowest BCUT2D eigenvalue weighted by molar-refractivity contribution is -0.152. The second-order valence-electron chi connectivity index (χ2n) is 8.12. The molecule has 0 radical (unpaired) electrons. The molecule has 1 aromatic rings. The lowest BCUT2D eigenvalue weighted by Crippen LogP contribution is -2.54.